The zero-order chi connectivity index (χ0) is 12.1. The number of primary amides is 1. The van der Waals surface area contributed by atoms with Crippen LogP contribution in [-0.4, -0.2) is 23.5 Å². The van der Waals surface area contributed by atoms with Crippen LogP contribution in [0.2, 0.25) is 0 Å². The summed E-state index contributed by atoms with van der Waals surface area (Å²) in [5, 5.41) is 3.18. The van der Waals surface area contributed by atoms with E-state index in [-0.39, 0.29) is 6.04 Å². The second-order valence-corrected chi connectivity index (χ2v) is 4.02. The Morgan fingerprint density at radius 1 is 1.56 bits per heavy atom. The lowest BCUT2D eigenvalue weighted by Crippen LogP contribution is -2.34. The molecule has 0 spiro atoms. The molecular weight excluding hydrogens is 204 g/mol. The first-order valence-corrected chi connectivity index (χ1v) is 5.27. The van der Waals surface area contributed by atoms with E-state index in [2.05, 4.69) is 24.1 Å². The molecule has 0 saturated carbocycles. The van der Waals surface area contributed by atoms with Gasteiger partial charge in [0.2, 0.25) is 5.91 Å². The molecule has 0 bridgehead atoms. The molecule has 0 fully saturated rings. The highest BCUT2D eigenvalue weighted by molar-refractivity contribution is 5.93. The van der Waals surface area contributed by atoms with Crippen LogP contribution in [-0.2, 0) is 0 Å². The summed E-state index contributed by atoms with van der Waals surface area (Å²) in [7, 11) is 0. The highest BCUT2D eigenvalue weighted by atomic mass is 16.1. The van der Waals surface area contributed by atoms with E-state index in [1.165, 1.54) is 0 Å². The summed E-state index contributed by atoms with van der Waals surface area (Å²) in [5.41, 5.74) is 11.3. The predicted octanol–water partition coefficient (Wildman–Crippen LogP) is 0.576. The van der Waals surface area contributed by atoms with E-state index >= 15 is 0 Å². The molecule has 1 rings (SSSR count). The Bertz CT molecular complexity index is 365. The summed E-state index contributed by atoms with van der Waals surface area (Å²) in [4.78, 5) is 15.1. The van der Waals surface area contributed by atoms with Crippen LogP contribution in [0.1, 0.15) is 24.2 Å². The summed E-state index contributed by atoms with van der Waals surface area (Å²) >= 11 is 0. The summed E-state index contributed by atoms with van der Waals surface area (Å²) in [6.07, 6.45) is 1.55. The van der Waals surface area contributed by atoms with Gasteiger partial charge in [-0.2, -0.15) is 0 Å². The Hall–Kier alpha value is -1.62. The Kier molecular flexibility index (Phi) is 4.25. The molecule has 16 heavy (non-hydrogen) atoms. The molecule has 1 atom stereocenters. The van der Waals surface area contributed by atoms with Crippen molar-refractivity contribution in [2.24, 2.45) is 17.4 Å². The molecule has 5 nitrogen and oxygen atoms in total. The zero-order valence-electron chi connectivity index (χ0n) is 9.60. The average Bonchev–Trinajstić information content (AvgIpc) is 2.25. The normalized spacial score (nSPS) is 12.5. The Balaban J connectivity index is 2.80. The van der Waals surface area contributed by atoms with E-state index < -0.39 is 5.91 Å². The Labute approximate surface area is 95.2 Å². The van der Waals surface area contributed by atoms with Gasteiger partial charge in [-0.15, -0.1) is 0 Å². The number of nitrogens with one attached hydrogen (secondary N) is 1. The third-order valence-electron chi connectivity index (χ3n) is 2.44. The third-order valence-corrected chi connectivity index (χ3v) is 2.44. The summed E-state index contributed by atoms with van der Waals surface area (Å²) in [5.74, 6) is 0.559. The van der Waals surface area contributed by atoms with E-state index in [9.17, 15) is 4.79 Å². The third kappa shape index (κ3) is 3.20. The largest absolute Gasteiger partial charge is 0.366 e. The monoisotopic (exact) mass is 222 g/mol. The van der Waals surface area contributed by atoms with Crippen molar-refractivity contribution < 1.29 is 4.79 Å². The average molecular weight is 222 g/mol. The number of carbonyl (C=O) groups is 1. The summed E-state index contributed by atoms with van der Waals surface area (Å²) < 4.78 is 0. The molecule has 0 aliphatic heterocycles. The van der Waals surface area contributed by atoms with Crippen molar-refractivity contribution in [1.82, 2.24) is 4.98 Å². The number of hydrogen-bond donors (Lipinski definition) is 3. The van der Waals surface area contributed by atoms with Crippen molar-refractivity contribution in [2.75, 3.05) is 11.9 Å². The van der Waals surface area contributed by atoms with E-state index in [4.69, 9.17) is 11.5 Å². The lowest BCUT2D eigenvalue weighted by Gasteiger charge is -2.21. The van der Waals surface area contributed by atoms with Gasteiger partial charge in [-0.25, -0.2) is 4.98 Å². The van der Waals surface area contributed by atoms with Crippen LogP contribution in [0.15, 0.2) is 18.3 Å². The van der Waals surface area contributed by atoms with Crippen molar-refractivity contribution in [1.29, 1.82) is 0 Å². The van der Waals surface area contributed by atoms with Gasteiger partial charge in [-0.1, -0.05) is 13.8 Å². The van der Waals surface area contributed by atoms with E-state index in [1.807, 2.05) is 0 Å². The van der Waals surface area contributed by atoms with Gasteiger partial charge >= 0.3 is 0 Å². The number of aromatic nitrogens is 1. The molecule has 1 aromatic heterocycles. The van der Waals surface area contributed by atoms with Crippen molar-refractivity contribution in [2.45, 2.75) is 19.9 Å². The van der Waals surface area contributed by atoms with Gasteiger partial charge in [0.1, 0.15) is 5.82 Å². The number of amides is 1. The van der Waals surface area contributed by atoms with Crippen molar-refractivity contribution >= 4 is 11.7 Å². The van der Waals surface area contributed by atoms with Crippen LogP contribution in [0.5, 0.6) is 0 Å². The standard InChI is InChI=1S/C11H18N4O/c1-7(2)9(6-12)15-10-5-8(11(13)16)3-4-14-10/h3-5,7,9H,6,12H2,1-2H3,(H2,13,16)(H,14,15). The molecule has 5 N–H and O–H groups in total. The van der Waals surface area contributed by atoms with Gasteiger partial charge in [0, 0.05) is 24.3 Å². The Morgan fingerprint density at radius 3 is 2.75 bits per heavy atom. The number of nitrogens with two attached hydrogens (primary N) is 2. The predicted molar refractivity (Wildman–Crippen MR) is 64.1 cm³/mol. The fourth-order valence-electron chi connectivity index (χ4n) is 1.35. The molecule has 1 aromatic rings. The maximum Gasteiger partial charge on any atom is 0.248 e. The first kappa shape index (κ1) is 12.4. The van der Waals surface area contributed by atoms with Gasteiger partial charge in [0.05, 0.1) is 0 Å². The smallest absolute Gasteiger partial charge is 0.248 e. The van der Waals surface area contributed by atoms with Gasteiger partial charge in [0.15, 0.2) is 0 Å². The number of nitrogens with zero attached hydrogens (tertiary/aromatic N) is 1. The topological polar surface area (TPSA) is 94.0 Å². The second-order valence-electron chi connectivity index (χ2n) is 4.02. The minimum absolute atomic E-state index is 0.135. The number of pyridine rings is 1. The minimum atomic E-state index is -0.459. The molecular formula is C11H18N4O. The fourth-order valence-corrected chi connectivity index (χ4v) is 1.35. The lowest BCUT2D eigenvalue weighted by atomic mass is 10.0. The number of rotatable bonds is 5. The van der Waals surface area contributed by atoms with Crippen LogP contribution in [0, 0.1) is 5.92 Å². The van der Waals surface area contributed by atoms with E-state index in [1.54, 1.807) is 18.3 Å². The maximum atomic E-state index is 11.0. The fraction of sp³-hybridized carbons (Fsp3) is 0.455. The first-order chi connectivity index (χ1) is 7.54. The minimum Gasteiger partial charge on any atom is -0.366 e. The quantitative estimate of drug-likeness (QED) is 0.679. The lowest BCUT2D eigenvalue weighted by molar-refractivity contribution is 0.1000. The molecule has 5 heteroatoms. The number of carbonyl (C=O) groups excluding carboxylic acids is 1. The number of hydrogen-bond acceptors (Lipinski definition) is 4. The highest BCUT2D eigenvalue weighted by Crippen LogP contribution is 2.11. The molecule has 1 heterocycles. The van der Waals surface area contributed by atoms with Crippen molar-refractivity contribution in [3.8, 4) is 0 Å². The molecule has 0 saturated heterocycles. The molecule has 0 aliphatic rings. The first-order valence-electron chi connectivity index (χ1n) is 5.27. The molecule has 1 amide bonds. The highest BCUT2D eigenvalue weighted by Gasteiger charge is 2.12. The molecule has 0 radical (unpaired) electrons. The van der Waals surface area contributed by atoms with Crippen LogP contribution in [0.25, 0.3) is 0 Å². The molecule has 0 aromatic carbocycles. The zero-order valence-corrected chi connectivity index (χ0v) is 9.60. The maximum absolute atomic E-state index is 11.0. The SMILES string of the molecule is CC(C)C(CN)Nc1cc(C(N)=O)ccn1. The summed E-state index contributed by atoms with van der Waals surface area (Å²) in [6.45, 7) is 4.66. The van der Waals surface area contributed by atoms with Gasteiger partial charge in [-0.3, -0.25) is 4.79 Å². The van der Waals surface area contributed by atoms with Crippen molar-refractivity contribution in [3.63, 3.8) is 0 Å². The van der Waals surface area contributed by atoms with Crippen LogP contribution < -0.4 is 16.8 Å². The Morgan fingerprint density at radius 2 is 2.25 bits per heavy atom. The van der Waals surface area contributed by atoms with Gasteiger partial charge in [0.25, 0.3) is 0 Å². The van der Waals surface area contributed by atoms with Gasteiger partial charge in [-0.05, 0) is 18.1 Å². The van der Waals surface area contributed by atoms with E-state index in [0.717, 1.165) is 0 Å². The molecule has 88 valence electrons. The summed E-state index contributed by atoms with van der Waals surface area (Å²) in [6, 6.07) is 3.35. The van der Waals surface area contributed by atoms with Crippen molar-refractivity contribution in [3.05, 3.63) is 23.9 Å². The molecule has 0 aliphatic carbocycles. The van der Waals surface area contributed by atoms with Crippen LogP contribution in [0.3, 0.4) is 0 Å². The second kappa shape index (κ2) is 5.46. The van der Waals surface area contributed by atoms with E-state index in [0.29, 0.717) is 23.8 Å². The molecule has 1 unspecified atom stereocenters. The van der Waals surface area contributed by atoms with Crippen LogP contribution >= 0.6 is 0 Å². The van der Waals surface area contributed by atoms with Gasteiger partial charge < -0.3 is 16.8 Å². The number of anilines is 1. The van der Waals surface area contributed by atoms with Crippen LogP contribution in [0.4, 0.5) is 5.82 Å².